The van der Waals surface area contributed by atoms with Crippen molar-refractivity contribution in [1.29, 1.82) is 0 Å². The Labute approximate surface area is 109 Å². The summed E-state index contributed by atoms with van der Waals surface area (Å²) in [6.45, 7) is 5.19. The first-order valence-corrected chi connectivity index (χ1v) is 5.74. The van der Waals surface area contributed by atoms with Gasteiger partial charge in [0.15, 0.2) is 17.5 Å². The molecule has 0 fully saturated rings. The minimum Gasteiger partial charge on any atom is -0.391 e. The zero-order valence-electron chi connectivity index (χ0n) is 10.9. The van der Waals surface area contributed by atoms with Gasteiger partial charge in [0.25, 0.3) is 5.91 Å². The molecule has 0 bridgehead atoms. The van der Waals surface area contributed by atoms with Crippen molar-refractivity contribution >= 4 is 5.91 Å². The van der Waals surface area contributed by atoms with Crippen LogP contribution in [0.25, 0.3) is 0 Å². The fourth-order valence-corrected chi connectivity index (χ4v) is 1.29. The van der Waals surface area contributed by atoms with Crippen molar-refractivity contribution < 1.29 is 23.1 Å². The molecule has 106 valence electrons. The van der Waals surface area contributed by atoms with E-state index >= 15 is 0 Å². The highest BCUT2D eigenvalue weighted by Gasteiger charge is 2.24. The summed E-state index contributed by atoms with van der Waals surface area (Å²) in [5.41, 5.74) is -1.06. The largest absolute Gasteiger partial charge is 0.391 e. The Bertz CT molecular complexity index is 484. The molecule has 0 aliphatic rings. The molecule has 0 aliphatic carbocycles. The van der Waals surface area contributed by atoms with Gasteiger partial charge in [-0.3, -0.25) is 4.79 Å². The fourth-order valence-electron chi connectivity index (χ4n) is 1.29. The zero-order chi connectivity index (χ0) is 14.8. The second-order valence-electron chi connectivity index (χ2n) is 5.31. The van der Waals surface area contributed by atoms with Crippen LogP contribution in [-0.4, -0.2) is 23.7 Å². The maximum atomic E-state index is 13.3. The Morgan fingerprint density at radius 2 is 1.84 bits per heavy atom. The van der Waals surface area contributed by atoms with Crippen LogP contribution in [0.15, 0.2) is 12.1 Å². The first-order valence-electron chi connectivity index (χ1n) is 5.74. The van der Waals surface area contributed by atoms with Gasteiger partial charge in [0.1, 0.15) is 0 Å². The molecule has 1 unspecified atom stereocenters. The van der Waals surface area contributed by atoms with E-state index in [1.165, 1.54) is 0 Å². The van der Waals surface area contributed by atoms with Crippen molar-refractivity contribution in [2.75, 3.05) is 6.54 Å². The topological polar surface area (TPSA) is 49.3 Å². The van der Waals surface area contributed by atoms with Gasteiger partial charge in [-0.15, -0.1) is 0 Å². The van der Waals surface area contributed by atoms with Gasteiger partial charge in [0, 0.05) is 6.54 Å². The lowest BCUT2D eigenvalue weighted by Crippen LogP contribution is -2.39. The summed E-state index contributed by atoms with van der Waals surface area (Å²) in [5.74, 6) is -5.49. The molecule has 0 heterocycles. The summed E-state index contributed by atoms with van der Waals surface area (Å²) in [7, 11) is 0. The highest BCUT2D eigenvalue weighted by molar-refractivity contribution is 5.94. The van der Waals surface area contributed by atoms with E-state index in [1.54, 1.807) is 20.8 Å². The third-order valence-corrected chi connectivity index (χ3v) is 2.74. The van der Waals surface area contributed by atoms with E-state index < -0.39 is 40.4 Å². The normalized spacial score (nSPS) is 13.2. The van der Waals surface area contributed by atoms with E-state index in [1.807, 2.05) is 0 Å². The van der Waals surface area contributed by atoms with E-state index in [2.05, 4.69) is 5.32 Å². The molecule has 1 atom stereocenters. The molecule has 6 heteroatoms. The average Bonchev–Trinajstić information content (AvgIpc) is 2.31. The molecule has 0 aromatic heterocycles. The van der Waals surface area contributed by atoms with E-state index in [-0.39, 0.29) is 6.54 Å². The number of rotatable bonds is 3. The molecule has 1 rings (SSSR count). The summed E-state index contributed by atoms with van der Waals surface area (Å²) in [5, 5.41) is 12.0. The van der Waals surface area contributed by atoms with E-state index in [0.717, 1.165) is 6.07 Å². The highest BCUT2D eigenvalue weighted by atomic mass is 19.2. The van der Waals surface area contributed by atoms with Gasteiger partial charge < -0.3 is 10.4 Å². The summed E-state index contributed by atoms with van der Waals surface area (Å²) in [6, 6.07) is 1.53. The number of aliphatic hydroxyl groups excluding tert-OH is 1. The van der Waals surface area contributed by atoms with Crippen LogP contribution in [0, 0.1) is 22.9 Å². The first-order chi connectivity index (χ1) is 8.64. The Kier molecular flexibility index (Phi) is 4.57. The van der Waals surface area contributed by atoms with Crippen LogP contribution in [-0.2, 0) is 0 Å². The molecular weight excluding hydrogens is 259 g/mol. The SMILES string of the molecule is CC(C)(C)C(O)CNC(=O)c1ccc(F)c(F)c1F. The Balaban J connectivity index is 2.78. The predicted octanol–water partition coefficient (Wildman–Crippen LogP) is 2.24. The van der Waals surface area contributed by atoms with Crippen LogP contribution in [0.2, 0.25) is 0 Å². The van der Waals surface area contributed by atoms with Crippen LogP contribution < -0.4 is 5.32 Å². The zero-order valence-corrected chi connectivity index (χ0v) is 10.9. The van der Waals surface area contributed by atoms with Crippen molar-refractivity contribution in [2.45, 2.75) is 26.9 Å². The number of halogens is 3. The van der Waals surface area contributed by atoms with Crippen molar-refractivity contribution in [2.24, 2.45) is 5.41 Å². The lowest BCUT2D eigenvalue weighted by molar-refractivity contribution is 0.0585. The molecule has 0 spiro atoms. The molecule has 0 saturated carbocycles. The number of carbonyl (C=O) groups excluding carboxylic acids is 1. The number of nitrogens with one attached hydrogen (secondary N) is 1. The van der Waals surface area contributed by atoms with Gasteiger partial charge in [0.05, 0.1) is 11.7 Å². The smallest absolute Gasteiger partial charge is 0.254 e. The highest BCUT2D eigenvalue weighted by Crippen LogP contribution is 2.19. The summed E-state index contributed by atoms with van der Waals surface area (Å²) >= 11 is 0. The van der Waals surface area contributed by atoms with E-state index in [0.29, 0.717) is 6.07 Å². The molecule has 2 N–H and O–H groups in total. The molecule has 19 heavy (non-hydrogen) atoms. The van der Waals surface area contributed by atoms with Crippen LogP contribution in [0.3, 0.4) is 0 Å². The van der Waals surface area contributed by atoms with Gasteiger partial charge >= 0.3 is 0 Å². The minimum absolute atomic E-state index is 0.110. The standard InChI is InChI=1S/C13H16F3NO2/c1-13(2,3)9(18)6-17-12(19)7-4-5-8(14)11(16)10(7)15/h4-5,9,18H,6H2,1-3H3,(H,17,19). The molecule has 0 radical (unpaired) electrons. The van der Waals surface area contributed by atoms with Crippen LogP contribution in [0.1, 0.15) is 31.1 Å². The Morgan fingerprint density at radius 3 is 2.37 bits per heavy atom. The Morgan fingerprint density at radius 1 is 1.26 bits per heavy atom. The summed E-state index contributed by atoms with van der Waals surface area (Å²) < 4.78 is 39.0. The van der Waals surface area contributed by atoms with Crippen molar-refractivity contribution in [3.63, 3.8) is 0 Å². The van der Waals surface area contributed by atoms with Crippen molar-refractivity contribution in [1.82, 2.24) is 5.32 Å². The van der Waals surface area contributed by atoms with Crippen molar-refractivity contribution in [3.05, 3.63) is 35.1 Å². The number of hydrogen-bond acceptors (Lipinski definition) is 2. The second kappa shape index (κ2) is 5.61. The van der Waals surface area contributed by atoms with E-state index in [9.17, 15) is 23.1 Å². The number of carbonyl (C=O) groups is 1. The third-order valence-electron chi connectivity index (χ3n) is 2.74. The second-order valence-corrected chi connectivity index (χ2v) is 5.31. The fraction of sp³-hybridized carbons (Fsp3) is 0.462. The summed E-state index contributed by atoms with van der Waals surface area (Å²) in [4.78, 5) is 11.6. The minimum atomic E-state index is -1.69. The van der Waals surface area contributed by atoms with Gasteiger partial charge in [-0.25, -0.2) is 13.2 Å². The number of hydrogen-bond donors (Lipinski definition) is 2. The van der Waals surface area contributed by atoms with Crippen LogP contribution in [0.4, 0.5) is 13.2 Å². The maximum absolute atomic E-state index is 13.3. The predicted molar refractivity (Wildman–Crippen MR) is 64.1 cm³/mol. The molecule has 0 aliphatic heterocycles. The third kappa shape index (κ3) is 3.70. The molecule has 1 aromatic carbocycles. The summed E-state index contributed by atoms with van der Waals surface area (Å²) in [6.07, 6.45) is -0.843. The molecule has 3 nitrogen and oxygen atoms in total. The number of benzene rings is 1. The molecule has 1 aromatic rings. The van der Waals surface area contributed by atoms with E-state index in [4.69, 9.17) is 0 Å². The average molecular weight is 275 g/mol. The number of amides is 1. The quantitative estimate of drug-likeness (QED) is 0.831. The maximum Gasteiger partial charge on any atom is 0.254 e. The lowest BCUT2D eigenvalue weighted by atomic mass is 9.89. The van der Waals surface area contributed by atoms with Gasteiger partial charge in [-0.2, -0.15) is 0 Å². The monoisotopic (exact) mass is 275 g/mol. The van der Waals surface area contributed by atoms with Crippen molar-refractivity contribution in [3.8, 4) is 0 Å². The Hall–Kier alpha value is -1.56. The lowest BCUT2D eigenvalue weighted by Gasteiger charge is -2.25. The van der Waals surface area contributed by atoms with Crippen LogP contribution in [0.5, 0.6) is 0 Å². The van der Waals surface area contributed by atoms with Gasteiger partial charge in [-0.05, 0) is 17.5 Å². The number of aliphatic hydroxyl groups is 1. The first kappa shape index (κ1) is 15.5. The molecule has 1 amide bonds. The molecule has 0 saturated heterocycles. The molecular formula is C13H16F3NO2. The van der Waals surface area contributed by atoms with Crippen LogP contribution >= 0.6 is 0 Å². The van der Waals surface area contributed by atoms with Gasteiger partial charge in [0.2, 0.25) is 0 Å². The van der Waals surface area contributed by atoms with Gasteiger partial charge in [-0.1, -0.05) is 20.8 Å².